The van der Waals surface area contributed by atoms with Crippen LogP contribution >= 0.6 is 15.9 Å². The summed E-state index contributed by atoms with van der Waals surface area (Å²) in [6.07, 6.45) is -1.45. The van der Waals surface area contributed by atoms with E-state index < -0.39 is 18.2 Å². The van der Waals surface area contributed by atoms with Crippen LogP contribution in [0.3, 0.4) is 0 Å². The van der Waals surface area contributed by atoms with Crippen molar-refractivity contribution in [2.75, 3.05) is 14.2 Å². The number of amides is 1. The average Bonchev–Trinajstić information content (AvgIpc) is 2.37. The minimum Gasteiger partial charge on any atom is -0.464 e. The Hall–Kier alpha value is -1.58. The van der Waals surface area contributed by atoms with E-state index in [9.17, 15) is 9.18 Å². The summed E-state index contributed by atoms with van der Waals surface area (Å²) >= 11 is 3.09. The largest absolute Gasteiger partial charge is 0.464 e. The Morgan fingerprint density at radius 2 is 2.21 bits per heavy atom. The maximum absolute atomic E-state index is 13.7. The third-order valence-corrected chi connectivity index (χ3v) is 2.46. The third-order valence-electron chi connectivity index (χ3n) is 2.02. The summed E-state index contributed by atoms with van der Waals surface area (Å²) in [5.41, 5.74) is 1.72. The highest BCUT2D eigenvalue weighted by atomic mass is 79.9. The van der Waals surface area contributed by atoms with Crippen molar-refractivity contribution in [3.8, 4) is 0 Å². The molecule has 104 valence electrons. The molecule has 0 radical (unpaired) electrons. The minimum absolute atomic E-state index is 0.00400. The fourth-order valence-electron chi connectivity index (χ4n) is 1.28. The molecule has 0 aliphatic heterocycles. The number of pyridine rings is 1. The van der Waals surface area contributed by atoms with Gasteiger partial charge in [0.15, 0.2) is 5.82 Å². The monoisotopic (exact) mass is 335 g/mol. The summed E-state index contributed by atoms with van der Waals surface area (Å²) in [7, 11) is 2.64. The normalized spacial score (nSPS) is 11.7. The molecule has 0 atom stereocenters. The van der Waals surface area contributed by atoms with E-state index in [1.807, 2.05) is 0 Å². The van der Waals surface area contributed by atoms with E-state index in [1.165, 1.54) is 20.3 Å². The van der Waals surface area contributed by atoms with Crippen LogP contribution in [0.15, 0.2) is 22.0 Å². The van der Waals surface area contributed by atoms with Crippen molar-refractivity contribution in [1.82, 2.24) is 10.4 Å². The first-order valence-electron chi connectivity index (χ1n) is 4.93. The number of ether oxygens (including phenoxy) is 2. The molecule has 19 heavy (non-hydrogen) atoms. The molecule has 0 aliphatic carbocycles. The molecule has 1 heterocycles. The topological polar surface area (TPSA) is 93.0 Å². The fraction of sp³-hybridized carbons (Fsp3) is 0.300. The van der Waals surface area contributed by atoms with Gasteiger partial charge in [-0.25, -0.2) is 19.6 Å². The third kappa shape index (κ3) is 4.23. The van der Waals surface area contributed by atoms with Crippen LogP contribution in [-0.2, 0) is 9.47 Å². The van der Waals surface area contributed by atoms with Gasteiger partial charge in [0.1, 0.15) is 10.3 Å². The number of nitrogens with one attached hydrogen (secondary N) is 1. The van der Waals surface area contributed by atoms with Gasteiger partial charge >= 0.3 is 6.09 Å². The molecule has 0 saturated carbocycles. The van der Waals surface area contributed by atoms with Crippen LogP contribution < -0.4 is 5.43 Å². The molecule has 0 spiro atoms. The number of carboxylic acid groups (broad SMARTS) is 1. The number of aromatic nitrogens is 1. The number of hydrogen-bond donors (Lipinski definition) is 2. The van der Waals surface area contributed by atoms with Gasteiger partial charge in [-0.15, -0.1) is 0 Å². The lowest BCUT2D eigenvalue weighted by Crippen LogP contribution is -2.30. The van der Waals surface area contributed by atoms with Crippen LogP contribution in [0.4, 0.5) is 9.18 Å². The number of halogens is 2. The van der Waals surface area contributed by atoms with E-state index in [-0.39, 0.29) is 11.3 Å². The summed E-state index contributed by atoms with van der Waals surface area (Å²) in [5, 5.41) is 12.1. The van der Waals surface area contributed by atoms with Gasteiger partial charge < -0.3 is 14.6 Å². The van der Waals surface area contributed by atoms with Crippen molar-refractivity contribution in [3.05, 3.63) is 28.2 Å². The highest BCUT2D eigenvalue weighted by Gasteiger charge is 2.21. The Morgan fingerprint density at radius 1 is 1.58 bits per heavy atom. The summed E-state index contributed by atoms with van der Waals surface area (Å²) < 4.78 is 24.0. The van der Waals surface area contributed by atoms with Crippen LogP contribution in [-0.4, -0.2) is 42.4 Å². The summed E-state index contributed by atoms with van der Waals surface area (Å²) in [4.78, 5) is 14.2. The molecular formula is C10H11BrFN3O4. The number of carbonyl (C=O) groups is 1. The molecule has 1 aromatic rings. The molecule has 0 fully saturated rings. The number of rotatable bonds is 5. The summed E-state index contributed by atoms with van der Waals surface area (Å²) in [6.45, 7) is 0. The van der Waals surface area contributed by atoms with E-state index in [4.69, 9.17) is 14.6 Å². The molecule has 0 unspecified atom stereocenters. The number of methoxy groups -OCH3 is 2. The van der Waals surface area contributed by atoms with Crippen LogP contribution in [0.5, 0.6) is 0 Å². The van der Waals surface area contributed by atoms with Crippen molar-refractivity contribution in [1.29, 1.82) is 0 Å². The number of hydrazone groups is 1. The van der Waals surface area contributed by atoms with Crippen LogP contribution in [0.25, 0.3) is 0 Å². The van der Waals surface area contributed by atoms with Crippen molar-refractivity contribution in [3.63, 3.8) is 0 Å². The average molecular weight is 336 g/mol. The van der Waals surface area contributed by atoms with Gasteiger partial charge in [-0.05, 0) is 22.0 Å². The van der Waals surface area contributed by atoms with E-state index in [0.29, 0.717) is 4.60 Å². The maximum Gasteiger partial charge on any atom is 0.425 e. The lowest BCUT2D eigenvalue weighted by molar-refractivity contribution is -0.0518. The van der Waals surface area contributed by atoms with E-state index in [1.54, 1.807) is 5.43 Å². The first-order valence-corrected chi connectivity index (χ1v) is 5.72. The molecule has 0 aromatic carbocycles. The Bertz CT molecular complexity index is 494. The molecule has 1 rings (SSSR count). The summed E-state index contributed by atoms with van der Waals surface area (Å²) in [6, 6.07) is 1.34. The number of hydrogen-bond acceptors (Lipinski definition) is 5. The van der Waals surface area contributed by atoms with Crippen LogP contribution in [0, 0.1) is 5.82 Å². The summed E-state index contributed by atoms with van der Waals surface area (Å²) in [5.74, 6) is -0.687. The van der Waals surface area contributed by atoms with E-state index in [0.717, 1.165) is 6.20 Å². The van der Waals surface area contributed by atoms with Gasteiger partial charge in [0.25, 0.3) is 0 Å². The predicted molar refractivity (Wildman–Crippen MR) is 67.4 cm³/mol. The van der Waals surface area contributed by atoms with Crippen LogP contribution in [0.1, 0.15) is 5.56 Å². The molecule has 1 aromatic heterocycles. The maximum atomic E-state index is 13.7. The predicted octanol–water partition coefficient (Wildman–Crippen LogP) is 1.57. The van der Waals surface area contributed by atoms with Gasteiger partial charge in [-0.1, -0.05) is 0 Å². The van der Waals surface area contributed by atoms with Gasteiger partial charge in [0.05, 0.1) is 6.20 Å². The van der Waals surface area contributed by atoms with Gasteiger partial charge in [0, 0.05) is 19.8 Å². The molecule has 0 saturated heterocycles. The van der Waals surface area contributed by atoms with Crippen LogP contribution in [0.2, 0.25) is 0 Å². The zero-order chi connectivity index (χ0) is 14.4. The second kappa shape index (κ2) is 7.12. The van der Waals surface area contributed by atoms with E-state index in [2.05, 4.69) is 26.0 Å². The molecule has 0 bridgehead atoms. The molecular weight excluding hydrogens is 325 g/mol. The highest BCUT2D eigenvalue weighted by molar-refractivity contribution is 9.10. The molecule has 7 nitrogen and oxygen atoms in total. The quantitative estimate of drug-likeness (QED) is 0.369. The van der Waals surface area contributed by atoms with Crippen molar-refractivity contribution in [2.45, 2.75) is 6.29 Å². The Morgan fingerprint density at radius 3 is 2.74 bits per heavy atom. The molecule has 0 aliphatic rings. The SMILES string of the molecule is COC(OC)/C(=N\NC(=O)O)c1cc(Br)ncc1F. The smallest absolute Gasteiger partial charge is 0.425 e. The zero-order valence-electron chi connectivity index (χ0n) is 10.1. The van der Waals surface area contributed by atoms with Gasteiger partial charge in [0.2, 0.25) is 6.29 Å². The zero-order valence-corrected chi connectivity index (χ0v) is 11.6. The Kier molecular flexibility index (Phi) is 5.80. The second-order valence-corrected chi connectivity index (χ2v) is 4.02. The van der Waals surface area contributed by atoms with E-state index >= 15 is 0 Å². The molecule has 9 heteroatoms. The Labute approximate surface area is 116 Å². The Balaban J connectivity index is 3.25. The lowest BCUT2D eigenvalue weighted by atomic mass is 10.1. The van der Waals surface area contributed by atoms with Crippen molar-refractivity contribution >= 4 is 27.7 Å². The second-order valence-electron chi connectivity index (χ2n) is 3.20. The van der Waals surface area contributed by atoms with Crippen molar-refractivity contribution in [2.24, 2.45) is 5.10 Å². The highest BCUT2D eigenvalue weighted by Crippen LogP contribution is 2.16. The van der Waals surface area contributed by atoms with Gasteiger partial charge in [-0.3, -0.25) is 0 Å². The lowest BCUT2D eigenvalue weighted by Gasteiger charge is -2.16. The molecule has 1 amide bonds. The molecule has 2 N–H and O–H groups in total. The van der Waals surface area contributed by atoms with Crippen molar-refractivity contribution < 1.29 is 23.8 Å². The standard InChI is InChI=1S/C10H11BrFN3O4/c1-18-9(19-2)8(14-15-10(16)17)5-3-7(11)13-4-6(5)12/h3-4,9,15H,1-2H3,(H,16,17)/b14-8-. The first kappa shape index (κ1) is 15.5. The minimum atomic E-state index is -1.39. The number of nitrogens with zero attached hydrogens (tertiary/aromatic N) is 2. The fourth-order valence-corrected chi connectivity index (χ4v) is 1.61. The first-order chi connectivity index (χ1) is 8.99. The van der Waals surface area contributed by atoms with Gasteiger partial charge in [-0.2, -0.15) is 5.10 Å².